The number of methoxy groups -OCH3 is 1. The summed E-state index contributed by atoms with van der Waals surface area (Å²) in [5.41, 5.74) is 0.0944. The summed E-state index contributed by atoms with van der Waals surface area (Å²) in [7, 11) is 0.114. The summed E-state index contributed by atoms with van der Waals surface area (Å²) in [6.45, 7) is 0. The van der Waals surface area contributed by atoms with Crippen LogP contribution in [-0.4, -0.2) is 28.3 Å². The van der Waals surface area contributed by atoms with Crippen LogP contribution in [0.25, 0.3) is 0 Å². The van der Waals surface area contributed by atoms with Crippen molar-refractivity contribution >= 4 is 32.7 Å². The molecule has 0 aliphatic carbocycles. The smallest absolute Gasteiger partial charge is 0.336 e. The van der Waals surface area contributed by atoms with E-state index in [4.69, 9.17) is 9.84 Å². The first kappa shape index (κ1) is 12.4. The van der Waals surface area contributed by atoms with Gasteiger partial charge in [0.2, 0.25) is 0 Å². The molecule has 1 atom stereocenters. The maximum Gasteiger partial charge on any atom is 0.336 e. The molecule has 0 aliphatic rings. The summed E-state index contributed by atoms with van der Waals surface area (Å²) < 4.78 is 16.7. The summed E-state index contributed by atoms with van der Waals surface area (Å²) in [4.78, 5) is 11.2. The van der Waals surface area contributed by atoms with Crippen LogP contribution in [0.4, 0.5) is 0 Å². The summed E-state index contributed by atoms with van der Waals surface area (Å²) in [6.07, 6.45) is 0. The average molecular weight is 293 g/mol. The van der Waals surface area contributed by atoms with E-state index in [9.17, 15) is 9.00 Å². The van der Waals surface area contributed by atoms with Crippen LogP contribution in [0.15, 0.2) is 27.6 Å². The Morgan fingerprint density at radius 2 is 2.27 bits per heavy atom. The second-order valence-corrected chi connectivity index (χ2v) is 4.95. The second-order valence-electron chi connectivity index (χ2n) is 2.70. The van der Waals surface area contributed by atoms with Crippen molar-refractivity contribution in [2.75, 3.05) is 13.0 Å². The molecular weight excluding hydrogens is 284 g/mol. The summed E-state index contributed by atoms with van der Waals surface area (Å²) >= 11 is 3.11. The Balaban J connectivity index is 3.07. The van der Waals surface area contributed by atoms with E-state index < -0.39 is 16.8 Å². The van der Waals surface area contributed by atoms with Gasteiger partial charge in [0.25, 0.3) is 0 Å². The van der Waals surface area contributed by atoms with E-state index in [0.29, 0.717) is 9.37 Å². The molecule has 6 heteroatoms. The highest BCUT2D eigenvalue weighted by molar-refractivity contribution is 9.10. The van der Waals surface area contributed by atoms with E-state index in [1.165, 1.54) is 13.2 Å². The largest absolute Gasteiger partial charge is 0.478 e. The predicted molar refractivity (Wildman–Crippen MR) is 59.4 cm³/mol. The van der Waals surface area contributed by atoms with Crippen molar-refractivity contribution in [3.05, 3.63) is 28.2 Å². The van der Waals surface area contributed by atoms with Crippen molar-refractivity contribution in [2.45, 2.75) is 4.90 Å². The van der Waals surface area contributed by atoms with Gasteiger partial charge in [0.15, 0.2) is 0 Å². The Bertz CT molecular complexity index is 405. The third-order valence-electron chi connectivity index (χ3n) is 1.66. The van der Waals surface area contributed by atoms with Crippen molar-refractivity contribution in [3.63, 3.8) is 0 Å². The number of benzene rings is 1. The monoisotopic (exact) mass is 292 g/mol. The van der Waals surface area contributed by atoms with E-state index >= 15 is 0 Å². The van der Waals surface area contributed by atoms with E-state index in [1.807, 2.05) is 0 Å². The van der Waals surface area contributed by atoms with Gasteiger partial charge in [0, 0.05) is 16.5 Å². The lowest BCUT2D eigenvalue weighted by molar-refractivity contribution is 0.0695. The van der Waals surface area contributed by atoms with Gasteiger partial charge in [-0.15, -0.1) is 0 Å². The fourth-order valence-electron chi connectivity index (χ4n) is 0.985. The topological polar surface area (TPSA) is 63.6 Å². The number of carboxylic acids is 1. The molecule has 0 heterocycles. The molecule has 0 radical (unpaired) electrons. The predicted octanol–water partition coefficient (Wildman–Crippen LogP) is 1.86. The quantitative estimate of drug-likeness (QED) is 0.920. The highest BCUT2D eigenvalue weighted by Crippen LogP contribution is 2.20. The van der Waals surface area contributed by atoms with E-state index in [0.717, 1.165) is 0 Å². The van der Waals surface area contributed by atoms with Gasteiger partial charge in [0.1, 0.15) is 5.94 Å². The minimum atomic E-state index is -1.32. The maximum absolute atomic E-state index is 11.5. The Morgan fingerprint density at radius 1 is 1.60 bits per heavy atom. The molecule has 0 spiro atoms. The average Bonchev–Trinajstić information content (AvgIpc) is 2.18. The minimum Gasteiger partial charge on any atom is -0.478 e. The number of halogens is 1. The molecule has 1 rings (SSSR count). The van der Waals surface area contributed by atoms with Crippen LogP contribution in [0.2, 0.25) is 0 Å². The first-order valence-corrected chi connectivity index (χ1v) is 6.07. The zero-order valence-corrected chi connectivity index (χ0v) is 10.3. The fraction of sp³-hybridized carbons (Fsp3) is 0.222. The van der Waals surface area contributed by atoms with Crippen molar-refractivity contribution in [1.29, 1.82) is 0 Å². The number of ether oxygens (including phenoxy) is 1. The molecule has 0 amide bonds. The summed E-state index contributed by atoms with van der Waals surface area (Å²) in [6, 6.07) is 4.54. The Labute approximate surface area is 97.8 Å². The van der Waals surface area contributed by atoms with Gasteiger partial charge in [-0.2, -0.15) is 0 Å². The van der Waals surface area contributed by atoms with Crippen LogP contribution >= 0.6 is 15.9 Å². The molecule has 82 valence electrons. The molecule has 1 N–H and O–H groups in total. The number of aromatic carboxylic acids is 1. The van der Waals surface area contributed by atoms with Gasteiger partial charge in [-0.25, -0.2) is 4.79 Å². The number of carboxylic acid groups (broad SMARTS) is 1. The van der Waals surface area contributed by atoms with Gasteiger partial charge < -0.3 is 9.84 Å². The number of carbonyl (C=O) groups is 1. The highest BCUT2D eigenvalue weighted by Gasteiger charge is 2.11. The fourth-order valence-corrected chi connectivity index (χ4v) is 2.22. The first-order valence-electron chi connectivity index (χ1n) is 3.96. The zero-order chi connectivity index (χ0) is 11.4. The molecule has 1 aromatic carbocycles. The molecule has 0 fully saturated rings. The minimum absolute atomic E-state index is 0.0562. The molecule has 0 bridgehead atoms. The summed E-state index contributed by atoms with van der Waals surface area (Å²) in [5.74, 6) is -1.00. The van der Waals surface area contributed by atoms with Crippen molar-refractivity contribution < 1.29 is 18.8 Å². The van der Waals surface area contributed by atoms with Gasteiger partial charge in [0.05, 0.1) is 16.4 Å². The number of hydrogen-bond donors (Lipinski definition) is 1. The van der Waals surface area contributed by atoms with Gasteiger partial charge in [-0.1, -0.05) is 0 Å². The van der Waals surface area contributed by atoms with Crippen LogP contribution in [0.3, 0.4) is 0 Å². The lowest BCUT2D eigenvalue weighted by atomic mass is 10.2. The highest BCUT2D eigenvalue weighted by atomic mass is 79.9. The molecule has 1 unspecified atom stereocenters. The second kappa shape index (κ2) is 5.39. The molecular formula is C9H9BrO4S. The van der Waals surface area contributed by atoms with Gasteiger partial charge in [-0.3, -0.25) is 4.21 Å². The zero-order valence-electron chi connectivity index (χ0n) is 7.90. The van der Waals surface area contributed by atoms with Crippen LogP contribution in [0, 0.1) is 0 Å². The summed E-state index contributed by atoms with van der Waals surface area (Å²) in [5, 5.41) is 8.84. The molecule has 1 aromatic rings. The lowest BCUT2D eigenvalue weighted by Gasteiger charge is -2.03. The van der Waals surface area contributed by atoms with Gasteiger partial charge >= 0.3 is 5.97 Å². The molecule has 4 nitrogen and oxygen atoms in total. The molecule has 15 heavy (non-hydrogen) atoms. The standard InChI is InChI=1S/C9H9BrO4S/c1-14-5-15(13)6-2-3-8(10)7(4-6)9(11)12/h2-4H,5H2,1H3,(H,11,12). The van der Waals surface area contributed by atoms with Crippen LogP contribution in [-0.2, 0) is 15.5 Å². The van der Waals surface area contributed by atoms with Crippen LogP contribution in [0.5, 0.6) is 0 Å². The third kappa shape index (κ3) is 3.12. The van der Waals surface area contributed by atoms with Crippen molar-refractivity contribution in [3.8, 4) is 0 Å². The molecule has 0 saturated carbocycles. The van der Waals surface area contributed by atoms with E-state index in [1.54, 1.807) is 12.1 Å². The maximum atomic E-state index is 11.5. The Kier molecular flexibility index (Phi) is 4.44. The van der Waals surface area contributed by atoms with Crippen molar-refractivity contribution in [1.82, 2.24) is 0 Å². The number of rotatable bonds is 4. The number of hydrogen-bond acceptors (Lipinski definition) is 3. The van der Waals surface area contributed by atoms with Crippen molar-refractivity contribution in [2.24, 2.45) is 0 Å². The Morgan fingerprint density at radius 3 is 2.80 bits per heavy atom. The van der Waals surface area contributed by atoms with Crippen LogP contribution in [0.1, 0.15) is 10.4 Å². The third-order valence-corrected chi connectivity index (χ3v) is 3.58. The molecule has 0 saturated heterocycles. The SMILES string of the molecule is COCS(=O)c1ccc(Br)c(C(=O)O)c1. The van der Waals surface area contributed by atoms with E-state index in [-0.39, 0.29) is 11.5 Å². The lowest BCUT2D eigenvalue weighted by Crippen LogP contribution is -2.03. The normalized spacial score (nSPS) is 12.4. The molecule has 0 aliphatic heterocycles. The van der Waals surface area contributed by atoms with Gasteiger partial charge in [-0.05, 0) is 34.1 Å². The Hall–Kier alpha value is -0.720. The molecule has 0 aromatic heterocycles. The van der Waals surface area contributed by atoms with Crippen LogP contribution < -0.4 is 0 Å². The first-order chi connectivity index (χ1) is 7.06. The van der Waals surface area contributed by atoms with E-state index in [2.05, 4.69) is 15.9 Å².